The molecule has 0 spiro atoms. The molecule has 182 valence electrons. The Labute approximate surface area is 205 Å². The maximum atomic E-state index is 13.3. The molecule has 10 heteroatoms. The summed E-state index contributed by atoms with van der Waals surface area (Å²) in [5, 5.41) is 6.51. The lowest BCUT2D eigenvalue weighted by atomic mass is 10.0. The number of benzene rings is 2. The molecule has 1 aromatic heterocycles. The summed E-state index contributed by atoms with van der Waals surface area (Å²) in [6, 6.07) is 14.4. The zero-order chi connectivity index (χ0) is 25.3. The van der Waals surface area contributed by atoms with Crippen molar-refractivity contribution in [2.45, 2.75) is 18.6 Å². The Balaban J connectivity index is 1.55. The highest BCUT2D eigenvalue weighted by Gasteiger charge is 2.35. The Hall–Kier alpha value is -3.59. The molecule has 1 atom stereocenters. The number of aryl methyl sites for hydroxylation is 1. The number of aromatic nitrogens is 1. The first-order chi connectivity index (χ1) is 16.5. The lowest BCUT2D eigenvalue weighted by Gasteiger charge is -2.25. The van der Waals surface area contributed by atoms with E-state index in [2.05, 4.69) is 5.10 Å². The standard InChI is InChI=1S/C25H22ClF3N4O2/c1-31-13-3-4-21(31)20-14-22(16-7-11-19(26)12-8-16)33(30-20)23(34)15-32(2)24(35)17-5-9-18(10-6-17)25(27,28)29/h3-13,22H,14-15H2,1-2H3. The number of hydrogen-bond donors (Lipinski definition) is 0. The van der Waals surface area contributed by atoms with Gasteiger partial charge in [-0.15, -0.1) is 0 Å². The van der Waals surface area contributed by atoms with Crippen LogP contribution in [0.25, 0.3) is 0 Å². The van der Waals surface area contributed by atoms with Gasteiger partial charge in [-0.1, -0.05) is 23.7 Å². The lowest BCUT2D eigenvalue weighted by Crippen LogP contribution is -2.39. The van der Waals surface area contributed by atoms with Crippen molar-refractivity contribution in [1.82, 2.24) is 14.5 Å². The van der Waals surface area contributed by atoms with Crippen LogP contribution < -0.4 is 0 Å². The van der Waals surface area contributed by atoms with Crippen LogP contribution in [-0.2, 0) is 18.0 Å². The monoisotopic (exact) mass is 502 g/mol. The molecule has 1 unspecified atom stereocenters. The van der Waals surface area contributed by atoms with E-state index in [4.69, 9.17) is 11.6 Å². The number of amides is 2. The van der Waals surface area contributed by atoms with Crippen LogP contribution in [0.2, 0.25) is 5.02 Å². The van der Waals surface area contributed by atoms with E-state index in [9.17, 15) is 22.8 Å². The predicted molar refractivity (Wildman–Crippen MR) is 126 cm³/mol. The van der Waals surface area contributed by atoms with Gasteiger partial charge in [-0.3, -0.25) is 9.59 Å². The van der Waals surface area contributed by atoms with E-state index >= 15 is 0 Å². The summed E-state index contributed by atoms with van der Waals surface area (Å²) >= 11 is 6.03. The molecule has 6 nitrogen and oxygen atoms in total. The third-order valence-corrected chi connectivity index (χ3v) is 6.09. The van der Waals surface area contributed by atoms with E-state index in [0.717, 1.165) is 41.2 Å². The molecule has 0 saturated carbocycles. The minimum atomic E-state index is -4.50. The molecule has 4 rings (SSSR count). The van der Waals surface area contributed by atoms with Gasteiger partial charge in [0.1, 0.15) is 6.54 Å². The first-order valence-corrected chi connectivity index (χ1v) is 11.1. The Morgan fingerprint density at radius 1 is 1.09 bits per heavy atom. The summed E-state index contributed by atoms with van der Waals surface area (Å²) in [6.07, 6.45) is -2.14. The number of carbonyl (C=O) groups is 2. The van der Waals surface area contributed by atoms with Crippen molar-refractivity contribution >= 4 is 29.1 Å². The SMILES string of the molecule is CN(CC(=O)N1N=C(c2cccn2C)CC1c1ccc(Cl)cc1)C(=O)c1ccc(C(F)(F)F)cc1. The van der Waals surface area contributed by atoms with Crippen molar-refractivity contribution in [1.29, 1.82) is 0 Å². The van der Waals surface area contributed by atoms with E-state index in [0.29, 0.717) is 11.4 Å². The number of carbonyl (C=O) groups excluding carboxylic acids is 2. The summed E-state index contributed by atoms with van der Waals surface area (Å²) in [5.41, 5.74) is 1.64. The van der Waals surface area contributed by atoms with Crippen LogP contribution in [-0.4, -0.2) is 45.6 Å². The molecular weight excluding hydrogens is 481 g/mol. The molecule has 0 fully saturated rings. The molecule has 0 aliphatic carbocycles. The minimum absolute atomic E-state index is 0.0528. The van der Waals surface area contributed by atoms with Crippen molar-refractivity contribution in [2.24, 2.45) is 12.1 Å². The van der Waals surface area contributed by atoms with Crippen LogP contribution in [0.5, 0.6) is 0 Å². The van der Waals surface area contributed by atoms with E-state index in [1.54, 1.807) is 12.1 Å². The topological polar surface area (TPSA) is 57.9 Å². The molecule has 1 aliphatic rings. The van der Waals surface area contributed by atoms with Gasteiger partial charge in [-0.2, -0.15) is 18.3 Å². The van der Waals surface area contributed by atoms with Gasteiger partial charge in [-0.25, -0.2) is 5.01 Å². The third-order valence-electron chi connectivity index (χ3n) is 5.84. The average molecular weight is 503 g/mol. The molecule has 35 heavy (non-hydrogen) atoms. The Morgan fingerprint density at radius 2 is 1.74 bits per heavy atom. The van der Waals surface area contributed by atoms with Crippen molar-refractivity contribution in [3.8, 4) is 0 Å². The van der Waals surface area contributed by atoms with E-state index in [1.807, 2.05) is 42.1 Å². The van der Waals surface area contributed by atoms with Crippen molar-refractivity contribution < 1.29 is 22.8 Å². The summed E-state index contributed by atoms with van der Waals surface area (Å²) in [7, 11) is 3.31. The van der Waals surface area contributed by atoms with Crippen molar-refractivity contribution in [3.63, 3.8) is 0 Å². The van der Waals surface area contributed by atoms with Gasteiger partial charge in [0, 0.05) is 37.3 Å². The molecule has 0 bridgehead atoms. The molecular formula is C25H22ClF3N4O2. The zero-order valence-corrected chi connectivity index (χ0v) is 19.7. The van der Waals surface area contributed by atoms with Gasteiger partial charge in [0.15, 0.2) is 0 Å². The van der Waals surface area contributed by atoms with Gasteiger partial charge >= 0.3 is 6.18 Å². The summed E-state index contributed by atoms with van der Waals surface area (Å²) < 4.78 is 40.4. The predicted octanol–water partition coefficient (Wildman–Crippen LogP) is 5.15. The highest BCUT2D eigenvalue weighted by atomic mass is 35.5. The second kappa shape index (κ2) is 9.58. The van der Waals surface area contributed by atoms with E-state index in [1.165, 1.54) is 17.0 Å². The molecule has 3 aromatic rings. The minimum Gasteiger partial charge on any atom is -0.350 e. The Morgan fingerprint density at radius 3 is 2.31 bits per heavy atom. The quantitative estimate of drug-likeness (QED) is 0.484. The van der Waals surface area contributed by atoms with E-state index < -0.39 is 23.6 Å². The number of hydrazone groups is 1. The second-order valence-electron chi connectivity index (χ2n) is 8.30. The number of alkyl halides is 3. The van der Waals surface area contributed by atoms with Crippen LogP contribution >= 0.6 is 11.6 Å². The Bertz CT molecular complexity index is 1270. The zero-order valence-electron chi connectivity index (χ0n) is 19.0. The molecule has 0 N–H and O–H groups in total. The Kier molecular flexibility index (Phi) is 6.71. The van der Waals surface area contributed by atoms with Gasteiger partial charge in [0.05, 0.1) is 23.0 Å². The van der Waals surface area contributed by atoms with Gasteiger partial charge in [0.2, 0.25) is 0 Å². The fourth-order valence-corrected chi connectivity index (χ4v) is 4.10. The highest BCUT2D eigenvalue weighted by Crippen LogP contribution is 2.34. The molecule has 0 saturated heterocycles. The van der Waals surface area contributed by atoms with Gasteiger partial charge < -0.3 is 9.47 Å². The summed E-state index contributed by atoms with van der Waals surface area (Å²) in [4.78, 5) is 27.2. The maximum absolute atomic E-state index is 13.3. The van der Waals surface area contributed by atoms with Crippen molar-refractivity contribution in [2.75, 3.05) is 13.6 Å². The fraction of sp³-hybridized carbons (Fsp3) is 0.240. The number of rotatable bonds is 5. The number of halogens is 4. The van der Waals surface area contributed by atoms with Crippen LogP contribution in [0.4, 0.5) is 13.2 Å². The summed E-state index contributed by atoms with van der Waals surface area (Å²) in [5.74, 6) is -0.988. The average Bonchev–Trinajstić information content (AvgIpc) is 3.45. The smallest absolute Gasteiger partial charge is 0.350 e. The highest BCUT2D eigenvalue weighted by molar-refractivity contribution is 6.30. The lowest BCUT2D eigenvalue weighted by molar-refractivity contribution is -0.137. The molecule has 1 aliphatic heterocycles. The first-order valence-electron chi connectivity index (χ1n) is 10.7. The molecule has 2 aromatic carbocycles. The first kappa shape index (κ1) is 24.5. The van der Waals surface area contributed by atoms with Gasteiger partial charge in [0.25, 0.3) is 11.8 Å². The fourth-order valence-electron chi connectivity index (χ4n) is 3.97. The van der Waals surface area contributed by atoms with Crippen LogP contribution in [0.3, 0.4) is 0 Å². The molecule has 2 heterocycles. The second-order valence-corrected chi connectivity index (χ2v) is 8.73. The van der Waals surface area contributed by atoms with E-state index in [-0.39, 0.29) is 18.2 Å². The number of nitrogens with zero attached hydrogens (tertiary/aromatic N) is 4. The normalized spacial score (nSPS) is 15.8. The van der Waals surface area contributed by atoms with Crippen molar-refractivity contribution in [3.05, 3.63) is 94.3 Å². The molecule has 2 amide bonds. The van der Waals surface area contributed by atoms with Gasteiger partial charge in [-0.05, 0) is 54.1 Å². The summed E-state index contributed by atoms with van der Waals surface area (Å²) in [6.45, 7) is -0.298. The van der Waals surface area contributed by atoms with Crippen LogP contribution in [0.1, 0.15) is 39.6 Å². The number of hydrogen-bond acceptors (Lipinski definition) is 3. The largest absolute Gasteiger partial charge is 0.416 e. The molecule has 0 radical (unpaired) electrons. The third kappa shape index (κ3) is 5.24. The van der Waals surface area contributed by atoms with Crippen LogP contribution in [0.15, 0.2) is 72.0 Å². The maximum Gasteiger partial charge on any atom is 0.416 e. The number of likely N-dealkylation sites (N-methyl/N-ethyl adjacent to an activating group) is 1. The van der Waals surface area contributed by atoms with Crippen LogP contribution in [0, 0.1) is 0 Å².